The molecule has 0 aliphatic heterocycles. The van der Waals surface area contributed by atoms with Crippen LogP contribution in [0.1, 0.15) is 58.8 Å². The molecule has 0 amide bonds. The van der Waals surface area contributed by atoms with E-state index in [-0.39, 0.29) is 5.78 Å². The Hall–Kier alpha value is -1.41. The van der Waals surface area contributed by atoms with E-state index in [9.17, 15) is 4.79 Å². The van der Waals surface area contributed by atoms with Crippen LogP contribution in [-0.4, -0.2) is 5.78 Å². The molecule has 1 aromatic carbocycles. The van der Waals surface area contributed by atoms with Crippen LogP contribution in [0.25, 0.3) is 0 Å². The minimum atomic E-state index is 0.139. The molecule has 1 unspecified atom stereocenters. The molecular weight excluding hydrogens is 252 g/mol. The highest BCUT2D eigenvalue weighted by atomic mass is 32.1. The molecule has 1 atom stereocenters. The Balaban J connectivity index is 2.19. The standard InChI is InChI=1S/C17H20OS/c1-4-12(3)13-6-8-14(9-7-13)17(18)16-11-10-15(5-2)19-16/h6-12H,4-5H2,1-3H3. The van der Waals surface area contributed by atoms with E-state index in [0.717, 1.165) is 23.3 Å². The van der Waals surface area contributed by atoms with Crippen LogP contribution in [0.3, 0.4) is 0 Å². The molecular formula is C17H20OS. The lowest BCUT2D eigenvalue weighted by Gasteiger charge is -2.09. The number of benzene rings is 1. The number of thiophene rings is 1. The molecule has 1 aromatic heterocycles. The molecule has 0 radical (unpaired) electrons. The fraction of sp³-hybridized carbons (Fsp3) is 0.353. The van der Waals surface area contributed by atoms with Gasteiger partial charge in [0.15, 0.2) is 0 Å². The summed E-state index contributed by atoms with van der Waals surface area (Å²) >= 11 is 1.60. The topological polar surface area (TPSA) is 17.1 Å². The smallest absolute Gasteiger partial charge is 0.202 e. The summed E-state index contributed by atoms with van der Waals surface area (Å²) in [6.45, 7) is 6.51. The molecule has 2 aromatic rings. The first-order valence-corrected chi connectivity index (χ1v) is 7.70. The molecule has 1 heterocycles. The summed E-state index contributed by atoms with van der Waals surface area (Å²) in [4.78, 5) is 14.4. The highest BCUT2D eigenvalue weighted by molar-refractivity contribution is 7.14. The SMILES string of the molecule is CCc1ccc(C(=O)c2ccc(C(C)CC)cc2)s1. The second kappa shape index (κ2) is 6.16. The maximum absolute atomic E-state index is 12.3. The molecule has 0 aliphatic carbocycles. The van der Waals surface area contributed by atoms with Crippen LogP contribution >= 0.6 is 11.3 Å². The van der Waals surface area contributed by atoms with Gasteiger partial charge in [-0.05, 0) is 36.5 Å². The summed E-state index contributed by atoms with van der Waals surface area (Å²) in [5.41, 5.74) is 2.09. The number of hydrogen-bond acceptors (Lipinski definition) is 2. The molecule has 1 nitrogen and oxygen atoms in total. The minimum Gasteiger partial charge on any atom is -0.288 e. The van der Waals surface area contributed by atoms with E-state index >= 15 is 0 Å². The van der Waals surface area contributed by atoms with Crippen molar-refractivity contribution in [2.24, 2.45) is 0 Å². The van der Waals surface area contributed by atoms with Crippen LogP contribution in [0.15, 0.2) is 36.4 Å². The average molecular weight is 272 g/mol. The fourth-order valence-corrected chi connectivity index (χ4v) is 2.94. The van der Waals surface area contributed by atoms with Gasteiger partial charge in [-0.1, -0.05) is 45.0 Å². The van der Waals surface area contributed by atoms with Gasteiger partial charge in [0.1, 0.15) is 0 Å². The molecule has 0 aliphatic rings. The first-order chi connectivity index (χ1) is 9.15. The van der Waals surface area contributed by atoms with Crippen LogP contribution in [0.2, 0.25) is 0 Å². The van der Waals surface area contributed by atoms with Crippen LogP contribution in [0, 0.1) is 0 Å². The van der Waals surface area contributed by atoms with Crippen molar-refractivity contribution >= 4 is 17.1 Å². The highest BCUT2D eigenvalue weighted by Crippen LogP contribution is 2.23. The van der Waals surface area contributed by atoms with Crippen molar-refractivity contribution in [3.63, 3.8) is 0 Å². The summed E-state index contributed by atoms with van der Waals surface area (Å²) in [6, 6.07) is 12.1. The first kappa shape index (κ1) is 14.0. The Labute approximate surface area is 119 Å². The molecule has 100 valence electrons. The Bertz CT molecular complexity index is 551. The van der Waals surface area contributed by atoms with Crippen molar-refractivity contribution in [2.75, 3.05) is 0 Å². The number of rotatable bonds is 5. The van der Waals surface area contributed by atoms with Gasteiger partial charge in [-0.15, -0.1) is 11.3 Å². The van der Waals surface area contributed by atoms with E-state index < -0.39 is 0 Å². The number of aryl methyl sites for hydroxylation is 1. The normalized spacial score (nSPS) is 12.4. The quantitative estimate of drug-likeness (QED) is 0.696. The van der Waals surface area contributed by atoms with E-state index in [0.29, 0.717) is 5.92 Å². The molecule has 0 fully saturated rings. The summed E-state index contributed by atoms with van der Waals surface area (Å²) < 4.78 is 0. The van der Waals surface area contributed by atoms with Gasteiger partial charge in [-0.25, -0.2) is 0 Å². The lowest BCUT2D eigenvalue weighted by Crippen LogP contribution is -1.99. The van der Waals surface area contributed by atoms with Gasteiger partial charge in [0, 0.05) is 10.4 Å². The van der Waals surface area contributed by atoms with Gasteiger partial charge in [-0.3, -0.25) is 4.79 Å². The summed E-state index contributed by atoms with van der Waals surface area (Å²) in [5, 5.41) is 0. The zero-order valence-corrected chi connectivity index (χ0v) is 12.6. The molecule has 0 bridgehead atoms. The van der Waals surface area contributed by atoms with E-state index in [1.165, 1.54) is 10.4 Å². The van der Waals surface area contributed by atoms with Gasteiger partial charge in [0.05, 0.1) is 4.88 Å². The third kappa shape index (κ3) is 3.13. The van der Waals surface area contributed by atoms with Gasteiger partial charge >= 0.3 is 0 Å². The fourth-order valence-electron chi connectivity index (χ4n) is 2.03. The van der Waals surface area contributed by atoms with Crippen molar-refractivity contribution < 1.29 is 4.79 Å². The molecule has 0 saturated heterocycles. The lowest BCUT2D eigenvalue weighted by molar-refractivity contribution is 0.104. The summed E-state index contributed by atoms with van der Waals surface area (Å²) in [5.74, 6) is 0.693. The maximum atomic E-state index is 12.3. The molecule has 19 heavy (non-hydrogen) atoms. The summed E-state index contributed by atoms with van der Waals surface area (Å²) in [6.07, 6.45) is 2.11. The highest BCUT2D eigenvalue weighted by Gasteiger charge is 2.12. The average Bonchev–Trinajstić information content (AvgIpc) is 2.94. The van der Waals surface area contributed by atoms with Crippen LogP contribution < -0.4 is 0 Å². The second-order valence-corrected chi connectivity index (χ2v) is 6.05. The molecule has 2 heteroatoms. The van der Waals surface area contributed by atoms with E-state index in [4.69, 9.17) is 0 Å². The minimum absolute atomic E-state index is 0.139. The molecule has 0 saturated carbocycles. The van der Waals surface area contributed by atoms with Crippen molar-refractivity contribution in [2.45, 2.75) is 39.5 Å². The monoisotopic (exact) mass is 272 g/mol. The van der Waals surface area contributed by atoms with Crippen molar-refractivity contribution in [3.8, 4) is 0 Å². The number of ketones is 1. The Morgan fingerprint density at radius 3 is 2.32 bits per heavy atom. The Morgan fingerprint density at radius 1 is 1.11 bits per heavy atom. The van der Waals surface area contributed by atoms with Gasteiger partial charge < -0.3 is 0 Å². The van der Waals surface area contributed by atoms with Crippen molar-refractivity contribution in [3.05, 3.63) is 57.3 Å². The number of carbonyl (C=O) groups excluding carboxylic acids is 1. The zero-order chi connectivity index (χ0) is 13.8. The van der Waals surface area contributed by atoms with Gasteiger partial charge in [-0.2, -0.15) is 0 Å². The molecule has 0 N–H and O–H groups in total. The molecule has 2 rings (SSSR count). The number of hydrogen-bond donors (Lipinski definition) is 0. The summed E-state index contributed by atoms with van der Waals surface area (Å²) in [7, 11) is 0. The van der Waals surface area contributed by atoms with Crippen LogP contribution in [0.5, 0.6) is 0 Å². The zero-order valence-electron chi connectivity index (χ0n) is 11.8. The van der Waals surface area contributed by atoms with Crippen molar-refractivity contribution in [1.82, 2.24) is 0 Å². The van der Waals surface area contributed by atoms with Crippen LogP contribution in [-0.2, 0) is 6.42 Å². The number of carbonyl (C=O) groups is 1. The van der Waals surface area contributed by atoms with Crippen molar-refractivity contribution in [1.29, 1.82) is 0 Å². The second-order valence-electron chi connectivity index (χ2n) is 4.88. The third-order valence-corrected chi connectivity index (χ3v) is 4.82. The van der Waals surface area contributed by atoms with E-state index in [2.05, 4.69) is 32.9 Å². The largest absolute Gasteiger partial charge is 0.288 e. The van der Waals surface area contributed by atoms with E-state index in [1.54, 1.807) is 11.3 Å². The Morgan fingerprint density at radius 2 is 1.79 bits per heavy atom. The Kier molecular flexibility index (Phi) is 4.54. The van der Waals surface area contributed by atoms with Crippen LogP contribution in [0.4, 0.5) is 0 Å². The third-order valence-electron chi connectivity index (χ3n) is 3.59. The predicted octanol–water partition coefficient (Wildman–Crippen LogP) is 5.06. The van der Waals surface area contributed by atoms with Gasteiger partial charge in [0.25, 0.3) is 0 Å². The first-order valence-electron chi connectivity index (χ1n) is 6.89. The maximum Gasteiger partial charge on any atom is 0.202 e. The van der Waals surface area contributed by atoms with E-state index in [1.807, 2.05) is 24.3 Å². The molecule has 0 spiro atoms. The van der Waals surface area contributed by atoms with Gasteiger partial charge in [0.2, 0.25) is 5.78 Å². The predicted molar refractivity (Wildman–Crippen MR) is 82.3 cm³/mol. The lowest BCUT2D eigenvalue weighted by atomic mass is 9.97.